The molecular formula is C16H26N2O3. The van der Waals surface area contributed by atoms with Crippen molar-refractivity contribution >= 4 is 0 Å². The number of ether oxygens (including phenoxy) is 1. The maximum atomic E-state index is 10.2. The molecule has 0 aromatic heterocycles. The number of aliphatic hydroxyl groups is 2. The van der Waals surface area contributed by atoms with Crippen LogP contribution in [-0.2, 0) is 17.9 Å². The van der Waals surface area contributed by atoms with Gasteiger partial charge in [-0.3, -0.25) is 9.80 Å². The van der Waals surface area contributed by atoms with Gasteiger partial charge >= 0.3 is 0 Å². The molecule has 2 rings (SSSR count). The molecule has 1 aliphatic heterocycles. The summed E-state index contributed by atoms with van der Waals surface area (Å²) in [5, 5.41) is 19.2. The van der Waals surface area contributed by atoms with E-state index in [2.05, 4.69) is 9.80 Å². The monoisotopic (exact) mass is 294 g/mol. The van der Waals surface area contributed by atoms with E-state index in [1.54, 1.807) is 0 Å². The molecule has 0 amide bonds. The van der Waals surface area contributed by atoms with Crippen LogP contribution in [0.1, 0.15) is 11.1 Å². The highest BCUT2D eigenvalue weighted by atomic mass is 16.5. The van der Waals surface area contributed by atoms with Gasteiger partial charge in [-0.25, -0.2) is 0 Å². The van der Waals surface area contributed by atoms with Gasteiger partial charge in [0.25, 0.3) is 0 Å². The van der Waals surface area contributed by atoms with Gasteiger partial charge in [-0.15, -0.1) is 0 Å². The number of likely N-dealkylation sites (N-methyl/N-ethyl adjacent to an activating group) is 1. The zero-order valence-electron chi connectivity index (χ0n) is 12.7. The number of benzene rings is 1. The second-order valence-corrected chi connectivity index (χ2v) is 5.74. The molecule has 5 heteroatoms. The Morgan fingerprint density at radius 1 is 1.19 bits per heavy atom. The predicted molar refractivity (Wildman–Crippen MR) is 82.0 cm³/mol. The van der Waals surface area contributed by atoms with Crippen LogP contribution in [0.2, 0.25) is 0 Å². The van der Waals surface area contributed by atoms with Crippen LogP contribution in [0.15, 0.2) is 24.3 Å². The van der Waals surface area contributed by atoms with Gasteiger partial charge in [0.05, 0.1) is 25.9 Å². The van der Waals surface area contributed by atoms with E-state index in [1.165, 1.54) is 5.56 Å². The molecule has 0 radical (unpaired) electrons. The fraction of sp³-hybridized carbons (Fsp3) is 0.625. The molecule has 2 N–H and O–H groups in total. The highest BCUT2D eigenvalue weighted by Crippen LogP contribution is 2.08. The van der Waals surface area contributed by atoms with Gasteiger partial charge in [-0.05, 0) is 18.2 Å². The van der Waals surface area contributed by atoms with Crippen molar-refractivity contribution in [2.24, 2.45) is 0 Å². The van der Waals surface area contributed by atoms with Crippen LogP contribution < -0.4 is 0 Å². The van der Waals surface area contributed by atoms with Crippen LogP contribution in [0.4, 0.5) is 0 Å². The smallest absolute Gasteiger partial charge is 0.0793 e. The molecular weight excluding hydrogens is 268 g/mol. The van der Waals surface area contributed by atoms with Crippen molar-refractivity contribution < 1.29 is 14.9 Å². The maximum absolute atomic E-state index is 10.2. The number of aliphatic hydroxyl groups excluding tert-OH is 2. The molecule has 1 saturated heterocycles. The van der Waals surface area contributed by atoms with Crippen LogP contribution in [0.5, 0.6) is 0 Å². The van der Waals surface area contributed by atoms with Gasteiger partial charge in [-0.2, -0.15) is 0 Å². The predicted octanol–water partition coefficient (Wildman–Crippen LogP) is 0.304. The Morgan fingerprint density at radius 3 is 2.43 bits per heavy atom. The van der Waals surface area contributed by atoms with Gasteiger partial charge in [-0.1, -0.05) is 24.3 Å². The van der Waals surface area contributed by atoms with Crippen LogP contribution in [0, 0.1) is 0 Å². The molecule has 118 valence electrons. The van der Waals surface area contributed by atoms with E-state index in [9.17, 15) is 5.11 Å². The number of nitrogens with zero attached hydrogens (tertiary/aromatic N) is 2. The zero-order valence-corrected chi connectivity index (χ0v) is 12.7. The Bertz CT molecular complexity index is 404. The molecule has 1 aliphatic rings. The first kappa shape index (κ1) is 16.4. The molecule has 1 atom stereocenters. The van der Waals surface area contributed by atoms with E-state index < -0.39 is 0 Å². The van der Waals surface area contributed by atoms with E-state index in [-0.39, 0.29) is 12.7 Å². The van der Waals surface area contributed by atoms with Gasteiger partial charge < -0.3 is 14.9 Å². The average molecular weight is 294 g/mol. The van der Waals surface area contributed by atoms with Gasteiger partial charge in [0.2, 0.25) is 0 Å². The van der Waals surface area contributed by atoms with Crippen molar-refractivity contribution in [2.45, 2.75) is 19.3 Å². The summed E-state index contributed by atoms with van der Waals surface area (Å²) in [6, 6.07) is 7.92. The van der Waals surface area contributed by atoms with Gasteiger partial charge in [0, 0.05) is 32.7 Å². The minimum atomic E-state index is -0.343. The molecule has 21 heavy (non-hydrogen) atoms. The first-order chi connectivity index (χ1) is 10.2. The second-order valence-electron chi connectivity index (χ2n) is 5.74. The highest BCUT2D eigenvalue weighted by Gasteiger charge is 2.16. The molecule has 0 saturated carbocycles. The molecule has 1 unspecified atom stereocenters. The molecule has 5 nitrogen and oxygen atoms in total. The third kappa shape index (κ3) is 5.73. The zero-order chi connectivity index (χ0) is 15.1. The average Bonchev–Trinajstić information content (AvgIpc) is 2.48. The third-order valence-corrected chi connectivity index (χ3v) is 3.75. The van der Waals surface area contributed by atoms with Crippen molar-refractivity contribution in [1.82, 2.24) is 9.80 Å². The van der Waals surface area contributed by atoms with E-state index in [1.807, 2.05) is 31.3 Å². The number of β-amino-alcohol motifs (C(OH)–C–C–N with tert-alkyl or cyclic N) is 1. The topological polar surface area (TPSA) is 56.2 Å². The summed E-state index contributed by atoms with van der Waals surface area (Å²) in [5.74, 6) is 0. The first-order valence-electron chi connectivity index (χ1n) is 7.53. The van der Waals surface area contributed by atoms with E-state index in [0.29, 0.717) is 13.1 Å². The Labute approximate surface area is 126 Å². The molecule has 0 aliphatic carbocycles. The minimum Gasteiger partial charge on any atom is -0.392 e. The molecule has 0 bridgehead atoms. The third-order valence-electron chi connectivity index (χ3n) is 3.75. The van der Waals surface area contributed by atoms with Crippen LogP contribution in [0.25, 0.3) is 0 Å². The lowest BCUT2D eigenvalue weighted by molar-refractivity contribution is 0.00825. The Balaban J connectivity index is 1.73. The number of rotatable bonds is 7. The Kier molecular flexibility index (Phi) is 6.60. The van der Waals surface area contributed by atoms with E-state index in [4.69, 9.17) is 9.84 Å². The number of hydrogen-bond donors (Lipinski definition) is 2. The minimum absolute atomic E-state index is 0.0778. The normalized spacial score (nSPS) is 18.1. The second kappa shape index (κ2) is 8.46. The van der Waals surface area contributed by atoms with Crippen LogP contribution in [0.3, 0.4) is 0 Å². The van der Waals surface area contributed by atoms with Crippen LogP contribution in [-0.4, -0.2) is 72.6 Å². The summed E-state index contributed by atoms with van der Waals surface area (Å²) >= 11 is 0. The van der Waals surface area contributed by atoms with Crippen molar-refractivity contribution in [3.05, 3.63) is 35.4 Å². The van der Waals surface area contributed by atoms with Crippen LogP contribution >= 0.6 is 0 Å². The standard InChI is InChI=1S/C16H26N2O3/c1-17(10-14-2-4-15(13-19)5-3-14)11-16(20)12-18-6-8-21-9-7-18/h2-5,16,19-20H,6-13H2,1H3. The molecule has 0 spiro atoms. The summed E-state index contributed by atoms with van der Waals surface area (Å²) < 4.78 is 5.31. The fourth-order valence-electron chi connectivity index (χ4n) is 2.63. The fourth-order valence-corrected chi connectivity index (χ4v) is 2.63. The molecule has 1 fully saturated rings. The number of morpholine rings is 1. The molecule has 1 aromatic rings. The lowest BCUT2D eigenvalue weighted by atomic mass is 10.1. The quantitative estimate of drug-likeness (QED) is 0.758. The summed E-state index contributed by atoms with van der Waals surface area (Å²) in [5.41, 5.74) is 2.11. The summed E-state index contributed by atoms with van der Waals surface area (Å²) in [6.07, 6.45) is -0.343. The number of hydrogen-bond acceptors (Lipinski definition) is 5. The van der Waals surface area contributed by atoms with Gasteiger partial charge in [0.15, 0.2) is 0 Å². The van der Waals surface area contributed by atoms with Gasteiger partial charge in [0.1, 0.15) is 0 Å². The van der Waals surface area contributed by atoms with E-state index in [0.717, 1.165) is 38.4 Å². The van der Waals surface area contributed by atoms with E-state index >= 15 is 0 Å². The van der Waals surface area contributed by atoms with Crippen molar-refractivity contribution in [1.29, 1.82) is 0 Å². The summed E-state index contributed by atoms with van der Waals surface area (Å²) in [6.45, 7) is 5.57. The summed E-state index contributed by atoms with van der Waals surface area (Å²) in [4.78, 5) is 4.37. The van der Waals surface area contributed by atoms with Crippen molar-refractivity contribution in [3.63, 3.8) is 0 Å². The molecule has 1 heterocycles. The largest absolute Gasteiger partial charge is 0.392 e. The maximum Gasteiger partial charge on any atom is 0.0793 e. The Morgan fingerprint density at radius 2 is 1.81 bits per heavy atom. The summed E-state index contributed by atoms with van der Waals surface area (Å²) in [7, 11) is 2.02. The SMILES string of the molecule is CN(Cc1ccc(CO)cc1)CC(O)CN1CCOCC1. The first-order valence-corrected chi connectivity index (χ1v) is 7.53. The lowest BCUT2D eigenvalue weighted by Gasteiger charge is -2.30. The highest BCUT2D eigenvalue weighted by molar-refractivity contribution is 5.21. The van der Waals surface area contributed by atoms with Crippen molar-refractivity contribution in [3.8, 4) is 0 Å². The lowest BCUT2D eigenvalue weighted by Crippen LogP contribution is -2.43. The molecule has 1 aromatic carbocycles. The Hall–Kier alpha value is -0.980. The van der Waals surface area contributed by atoms with Crippen molar-refractivity contribution in [2.75, 3.05) is 46.4 Å².